The Morgan fingerprint density at radius 1 is 1.21 bits per heavy atom. The molecule has 0 aromatic rings. The fourth-order valence-electron chi connectivity index (χ4n) is 3.82. The second-order valence-electron chi connectivity index (χ2n) is 6.81. The number of carboxylic acids is 1. The standard InChI is InChI=1S/C14H22N2O3/c1-14(2,8-3-4-8)15-13(19)16-9-5-6-11(16)10(7-9)12(17)18/h8-11H,3-7H2,1-2H3,(H,15,19)(H,17,18). The van der Waals surface area contributed by atoms with Crippen LogP contribution in [-0.4, -0.2) is 39.6 Å². The molecular formula is C14H22N2O3. The number of rotatable bonds is 3. The molecule has 2 aliphatic heterocycles. The van der Waals surface area contributed by atoms with Crippen LogP contribution in [0.5, 0.6) is 0 Å². The number of urea groups is 1. The summed E-state index contributed by atoms with van der Waals surface area (Å²) in [7, 11) is 0. The van der Waals surface area contributed by atoms with E-state index in [-0.39, 0.29) is 29.6 Å². The summed E-state index contributed by atoms with van der Waals surface area (Å²) in [6, 6.07) is -0.0354. The van der Waals surface area contributed by atoms with E-state index in [1.165, 1.54) is 12.8 Å². The number of amides is 2. The maximum absolute atomic E-state index is 12.4. The van der Waals surface area contributed by atoms with Gasteiger partial charge in [0.25, 0.3) is 0 Å². The molecule has 19 heavy (non-hydrogen) atoms. The van der Waals surface area contributed by atoms with Gasteiger partial charge in [-0.15, -0.1) is 0 Å². The van der Waals surface area contributed by atoms with Crippen molar-refractivity contribution in [2.24, 2.45) is 11.8 Å². The fraction of sp³-hybridized carbons (Fsp3) is 0.857. The van der Waals surface area contributed by atoms with Crippen molar-refractivity contribution in [3.63, 3.8) is 0 Å². The lowest BCUT2D eigenvalue weighted by Crippen LogP contribution is -2.53. The van der Waals surface area contributed by atoms with Crippen molar-refractivity contribution in [3.8, 4) is 0 Å². The van der Waals surface area contributed by atoms with Crippen molar-refractivity contribution < 1.29 is 14.7 Å². The molecule has 106 valence electrons. The zero-order valence-corrected chi connectivity index (χ0v) is 11.6. The molecule has 2 saturated heterocycles. The lowest BCUT2D eigenvalue weighted by Gasteiger charge is -2.31. The van der Waals surface area contributed by atoms with Gasteiger partial charge in [0.15, 0.2) is 0 Å². The van der Waals surface area contributed by atoms with Gasteiger partial charge in [-0.25, -0.2) is 4.79 Å². The lowest BCUT2D eigenvalue weighted by molar-refractivity contribution is -0.142. The summed E-state index contributed by atoms with van der Waals surface area (Å²) in [6.45, 7) is 4.13. The molecule has 5 heteroatoms. The monoisotopic (exact) mass is 266 g/mol. The fourth-order valence-corrected chi connectivity index (χ4v) is 3.82. The van der Waals surface area contributed by atoms with E-state index in [9.17, 15) is 14.7 Å². The highest BCUT2D eigenvalue weighted by molar-refractivity contribution is 5.80. The topological polar surface area (TPSA) is 69.6 Å². The number of carbonyl (C=O) groups is 2. The van der Waals surface area contributed by atoms with Gasteiger partial charge in [0, 0.05) is 17.6 Å². The molecular weight excluding hydrogens is 244 g/mol. The number of aliphatic carboxylic acids is 1. The van der Waals surface area contributed by atoms with Crippen LogP contribution in [0.15, 0.2) is 0 Å². The highest BCUT2D eigenvalue weighted by Crippen LogP contribution is 2.43. The first kappa shape index (κ1) is 12.8. The zero-order valence-electron chi connectivity index (χ0n) is 11.6. The normalized spacial score (nSPS) is 33.6. The summed E-state index contributed by atoms with van der Waals surface area (Å²) in [5.74, 6) is -0.549. The Bertz CT molecular complexity index is 417. The summed E-state index contributed by atoms with van der Waals surface area (Å²) in [5.41, 5.74) is -0.169. The van der Waals surface area contributed by atoms with Gasteiger partial charge in [-0.2, -0.15) is 0 Å². The van der Waals surface area contributed by atoms with Gasteiger partial charge >= 0.3 is 12.0 Å². The third kappa shape index (κ3) is 2.09. The minimum absolute atomic E-state index is 0.0619. The SMILES string of the molecule is CC(C)(NC(=O)N1C2CCC1C(C(=O)O)C2)C1CC1. The molecule has 5 nitrogen and oxygen atoms in total. The molecule has 2 amide bonds. The van der Waals surface area contributed by atoms with Gasteiger partial charge in [0.05, 0.1) is 5.92 Å². The van der Waals surface area contributed by atoms with Crippen molar-refractivity contribution in [1.29, 1.82) is 0 Å². The molecule has 3 rings (SSSR count). The molecule has 0 aromatic heterocycles. The Kier molecular flexibility index (Phi) is 2.76. The molecule has 2 heterocycles. The molecule has 3 unspecified atom stereocenters. The van der Waals surface area contributed by atoms with Gasteiger partial charge in [0.2, 0.25) is 0 Å². The molecule has 1 aliphatic carbocycles. The Labute approximate surface area is 113 Å². The maximum Gasteiger partial charge on any atom is 0.318 e. The average molecular weight is 266 g/mol. The van der Waals surface area contributed by atoms with E-state index in [0.29, 0.717) is 12.3 Å². The van der Waals surface area contributed by atoms with Crippen molar-refractivity contribution in [3.05, 3.63) is 0 Å². The van der Waals surface area contributed by atoms with Gasteiger partial charge in [0.1, 0.15) is 0 Å². The van der Waals surface area contributed by atoms with E-state index >= 15 is 0 Å². The van der Waals surface area contributed by atoms with Crippen molar-refractivity contribution in [1.82, 2.24) is 10.2 Å². The summed E-state index contributed by atoms with van der Waals surface area (Å²) >= 11 is 0. The van der Waals surface area contributed by atoms with E-state index < -0.39 is 5.97 Å². The smallest absolute Gasteiger partial charge is 0.318 e. The summed E-state index contributed by atoms with van der Waals surface area (Å²) < 4.78 is 0. The maximum atomic E-state index is 12.4. The number of nitrogens with one attached hydrogen (secondary N) is 1. The largest absolute Gasteiger partial charge is 0.481 e. The number of hydrogen-bond acceptors (Lipinski definition) is 2. The van der Waals surface area contributed by atoms with E-state index in [1.54, 1.807) is 0 Å². The Balaban J connectivity index is 1.69. The first-order chi connectivity index (χ1) is 8.90. The van der Waals surface area contributed by atoms with Crippen molar-refractivity contribution >= 4 is 12.0 Å². The number of carboxylic acid groups (broad SMARTS) is 1. The Morgan fingerprint density at radius 2 is 1.89 bits per heavy atom. The summed E-state index contributed by atoms with van der Waals surface area (Å²) in [5, 5.41) is 12.3. The summed E-state index contributed by atoms with van der Waals surface area (Å²) in [4.78, 5) is 25.5. The number of fused-ring (bicyclic) bond motifs is 2. The second kappa shape index (κ2) is 4.12. The van der Waals surface area contributed by atoms with Gasteiger partial charge in [-0.1, -0.05) is 0 Å². The van der Waals surface area contributed by atoms with Crippen molar-refractivity contribution in [2.75, 3.05) is 0 Å². The van der Waals surface area contributed by atoms with Crippen LogP contribution in [0.1, 0.15) is 46.0 Å². The third-order valence-corrected chi connectivity index (χ3v) is 5.12. The Hall–Kier alpha value is -1.26. The second-order valence-corrected chi connectivity index (χ2v) is 6.81. The van der Waals surface area contributed by atoms with Gasteiger partial charge < -0.3 is 15.3 Å². The van der Waals surface area contributed by atoms with Crippen LogP contribution >= 0.6 is 0 Å². The molecule has 0 spiro atoms. The summed E-state index contributed by atoms with van der Waals surface area (Å²) in [6.07, 6.45) is 4.76. The quantitative estimate of drug-likeness (QED) is 0.818. The van der Waals surface area contributed by atoms with Crippen LogP contribution in [0.2, 0.25) is 0 Å². The van der Waals surface area contributed by atoms with E-state index in [1.807, 2.05) is 4.90 Å². The van der Waals surface area contributed by atoms with Gasteiger partial charge in [-0.05, 0) is 51.9 Å². The van der Waals surface area contributed by atoms with Crippen LogP contribution in [-0.2, 0) is 4.79 Å². The number of nitrogens with zero attached hydrogens (tertiary/aromatic N) is 1. The van der Waals surface area contributed by atoms with Crippen molar-refractivity contribution in [2.45, 2.75) is 63.6 Å². The van der Waals surface area contributed by atoms with E-state index in [0.717, 1.165) is 12.8 Å². The average Bonchev–Trinajstić information content (AvgIpc) is 3.03. The van der Waals surface area contributed by atoms with Crippen LogP contribution < -0.4 is 5.32 Å². The lowest BCUT2D eigenvalue weighted by atomic mass is 9.89. The molecule has 3 atom stereocenters. The molecule has 0 radical (unpaired) electrons. The minimum atomic E-state index is -0.758. The highest BCUT2D eigenvalue weighted by atomic mass is 16.4. The van der Waals surface area contributed by atoms with Crippen LogP contribution in [0.25, 0.3) is 0 Å². The molecule has 0 aromatic carbocycles. The van der Waals surface area contributed by atoms with Crippen LogP contribution in [0.3, 0.4) is 0 Å². The third-order valence-electron chi connectivity index (χ3n) is 5.12. The molecule has 3 fully saturated rings. The first-order valence-corrected chi connectivity index (χ1v) is 7.23. The Morgan fingerprint density at radius 3 is 2.42 bits per heavy atom. The number of hydrogen-bond donors (Lipinski definition) is 2. The highest BCUT2D eigenvalue weighted by Gasteiger charge is 2.52. The van der Waals surface area contributed by atoms with E-state index in [2.05, 4.69) is 19.2 Å². The zero-order chi connectivity index (χ0) is 13.8. The number of carbonyl (C=O) groups excluding carboxylic acids is 1. The first-order valence-electron chi connectivity index (χ1n) is 7.23. The molecule has 3 aliphatic rings. The molecule has 2 N–H and O–H groups in total. The predicted octanol–water partition coefficient (Wildman–Crippen LogP) is 1.82. The molecule has 1 saturated carbocycles. The van der Waals surface area contributed by atoms with Gasteiger partial charge in [-0.3, -0.25) is 4.79 Å². The van der Waals surface area contributed by atoms with E-state index in [4.69, 9.17) is 0 Å². The van der Waals surface area contributed by atoms with Crippen LogP contribution in [0, 0.1) is 11.8 Å². The minimum Gasteiger partial charge on any atom is -0.481 e. The molecule has 2 bridgehead atoms. The van der Waals surface area contributed by atoms with Crippen LogP contribution in [0.4, 0.5) is 4.79 Å². The predicted molar refractivity (Wildman–Crippen MR) is 69.7 cm³/mol.